The van der Waals surface area contributed by atoms with Crippen LogP contribution in [0.25, 0.3) is 0 Å². The zero-order chi connectivity index (χ0) is 16.0. The number of hydrogen-bond acceptors (Lipinski definition) is 2. The van der Waals surface area contributed by atoms with Crippen molar-refractivity contribution in [3.63, 3.8) is 0 Å². The maximum absolute atomic E-state index is 10.9. The van der Waals surface area contributed by atoms with Crippen LogP contribution < -0.4 is 5.32 Å². The number of carboxylic acids is 1. The molecule has 2 N–H and O–H groups in total. The molecular formula is C19H29NO2. The van der Waals surface area contributed by atoms with Gasteiger partial charge in [-0.25, -0.2) is 4.79 Å². The molecule has 1 saturated carbocycles. The van der Waals surface area contributed by atoms with E-state index in [1.54, 1.807) is 12.1 Å². The molecule has 1 fully saturated rings. The SMILES string of the molecule is CC(C)(CC1CCCCCC1)NCc1ccc(C(=O)O)cc1. The second-order valence-electron chi connectivity index (χ2n) is 7.30. The number of rotatable bonds is 6. The molecule has 0 saturated heterocycles. The van der Waals surface area contributed by atoms with Crippen LogP contribution in [0, 0.1) is 5.92 Å². The number of hydrogen-bond donors (Lipinski definition) is 2. The van der Waals surface area contributed by atoms with Crippen LogP contribution in [0.1, 0.15) is 74.7 Å². The van der Waals surface area contributed by atoms with Crippen LogP contribution >= 0.6 is 0 Å². The van der Waals surface area contributed by atoms with Crippen molar-refractivity contribution in [3.05, 3.63) is 35.4 Å². The minimum absolute atomic E-state index is 0.125. The maximum atomic E-state index is 10.9. The lowest BCUT2D eigenvalue weighted by atomic mass is 9.86. The van der Waals surface area contributed by atoms with Gasteiger partial charge in [-0.05, 0) is 43.9 Å². The largest absolute Gasteiger partial charge is 0.478 e. The molecule has 3 heteroatoms. The van der Waals surface area contributed by atoms with Crippen LogP contribution in [-0.4, -0.2) is 16.6 Å². The molecule has 0 aromatic heterocycles. The minimum atomic E-state index is -0.867. The van der Waals surface area contributed by atoms with E-state index in [2.05, 4.69) is 19.2 Å². The van der Waals surface area contributed by atoms with Crippen LogP contribution in [0.5, 0.6) is 0 Å². The summed E-state index contributed by atoms with van der Waals surface area (Å²) < 4.78 is 0. The predicted molar refractivity (Wildman–Crippen MR) is 90.1 cm³/mol. The molecule has 0 atom stereocenters. The fourth-order valence-corrected chi connectivity index (χ4v) is 3.47. The average Bonchev–Trinajstić information content (AvgIpc) is 2.74. The molecule has 0 amide bonds. The van der Waals surface area contributed by atoms with E-state index in [0.29, 0.717) is 5.56 Å². The summed E-state index contributed by atoms with van der Waals surface area (Å²) in [4.78, 5) is 10.9. The smallest absolute Gasteiger partial charge is 0.335 e. The summed E-state index contributed by atoms with van der Waals surface area (Å²) in [6.07, 6.45) is 9.55. The molecule has 0 spiro atoms. The number of aromatic carboxylic acids is 1. The molecule has 22 heavy (non-hydrogen) atoms. The van der Waals surface area contributed by atoms with Gasteiger partial charge in [-0.2, -0.15) is 0 Å². The first-order valence-electron chi connectivity index (χ1n) is 8.53. The second-order valence-corrected chi connectivity index (χ2v) is 7.30. The van der Waals surface area contributed by atoms with Crippen molar-refractivity contribution in [2.45, 2.75) is 70.9 Å². The van der Waals surface area contributed by atoms with E-state index in [9.17, 15) is 4.79 Å². The fraction of sp³-hybridized carbons (Fsp3) is 0.632. The summed E-state index contributed by atoms with van der Waals surface area (Å²) >= 11 is 0. The lowest BCUT2D eigenvalue weighted by molar-refractivity contribution is 0.0697. The lowest BCUT2D eigenvalue weighted by Gasteiger charge is -2.31. The van der Waals surface area contributed by atoms with Gasteiger partial charge in [0.1, 0.15) is 0 Å². The van der Waals surface area contributed by atoms with Crippen LogP contribution in [0.3, 0.4) is 0 Å². The Labute approximate surface area is 134 Å². The number of carboxylic acid groups (broad SMARTS) is 1. The number of carbonyl (C=O) groups is 1. The Balaban J connectivity index is 1.84. The summed E-state index contributed by atoms with van der Waals surface area (Å²) in [7, 11) is 0. The number of benzene rings is 1. The third-order valence-corrected chi connectivity index (χ3v) is 4.75. The highest BCUT2D eigenvalue weighted by molar-refractivity contribution is 5.87. The summed E-state index contributed by atoms with van der Waals surface area (Å²) in [6.45, 7) is 5.35. The van der Waals surface area contributed by atoms with Crippen molar-refractivity contribution in [3.8, 4) is 0 Å². The van der Waals surface area contributed by atoms with Crippen LogP contribution in [0.4, 0.5) is 0 Å². The maximum Gasteiger partial charge on any atom is 0.335 e. The van der Waals surface area contributed by atoms with Crippen LogP contribution in [-0.2, 0) is 6.54 Å². The lowest BCUT2D eigenvalue weighted by Crippen LogP contribution is -2.40. The Morgan fingerprint density at radius 3 is 2.27 bits per heavy atom. The normalized spacial score (nSPS) is 17.2. The first-order valence-corrected chi connectivity index (χ1v) is 8.53. The van der Waals surface area contributed by atoms with Gasteiger partial charge < -0.3 is 10.4 Å². The highest BCUT2D eigenvalue weighted by Crippen LogP contribution is 2.29. The van der Waals surface area contributed by atoms with Crippen LogP contribution in [0.2, 0.25) is 0 Å². The van der Waals surface area contributed by atoms with E-state index in [0.717, 1.165) is 18.0 Å². The average molecular weight is 303 g/mol. The summed E-state index contributed by atoms with van der Waals surface area (Å²) in [6, 6.07) is 7.16. The molecule has 1 aliphatic rings. The monoisotopic (exact) mass is 303 g/mol. The topological polar surface area (TPSA) is 49.3 Å². The first-order chi connectivity index (χ1) is 10.5. The Morgan fingerprint density at radius 2 is 1.73 bits per heavy atom. The third-order valence-electron chi connectivity index (χ3n) is 4.75. The zero-order valence-corrected chi connectivity index (χ0v) is 13.9. The molecule has 122 valence electrons. The van der Waals surface area contributed by atoms with Crippen molar-refractivity contribution < 1.29 is 9.90 Å². The predicted octanol–water partition coefficient (Wildman–Crippen LogP) is 4.61. The van der Waals surface area contributed by atoms with E-state index in [1.165, 1.54) is 44.9 Å². The molecule has 1 aromatic rings. The molecule has 0 bridgehead atoms. The standard InChI is InChI=1S/C19H29NO2/c1-19(2,13-15-7-5-3-4-6-8-15)20-14-16-9-11-17(12-10-16)18(21)22/h9-12,15,20H,3-8,13-14H2,1-2H3,(H,21,22). The first kappa shape index (κ1) is 17.0. The summed E-state index contributed by atoms with van der Waals surface area (Å²) in [5, 5.41) is 12.6. The van der Waals surface area contributed by atoms with E-state index in [4.69, 9.17) is 5.11 Å². The molecular weight excluding hydrogens is 274 g/mol. The zero-order valence-electron chi connectivity index (χ0n) is 13.9. The molecule has 0 radical (unpaired) electrons. The van der Waals surface area contributed by atoms with Crippen molar-refractivity contribution in [2.75, 3.05) is 0 Å². The van der Waals surface area contributed by atoms with E-state index >= 15 is 0 Å². The molecule has 0 unspecified atom stereocenters. The summed E-state index contributed by atoms with van der Waals surface area (Å²) in [5.41, 5.74) is 1.61. The quantitative estimate of drug-likeness (QED) is 0.754. The molecule has 1 aliphatic carbocycles. The van der Waals surface area contributed by atoms with Gasteiger partial charge >= 0.3 is 5.97 Å². The Morgan fingerprint density at radius 1 is 1.14 bits per heavy atom. The van der Waals surface area contributed by atoms with Gasteiger partial charge in [-0.3, -0.25) is 0 Å². The molecule has 2 rings (SSSR count). The van der Waals surface area contributed by atoms with E-state index in [-0.39, 0.29) is 5.54 Å². The Kier molecular flexibility index (Phi) is 6.01. The van der Waals surface area contributed by atoms with Gasteiger partial charge in [0.2, 0.25) is 0 Å². The van der Waals surface area contributed by atoms with E-state index in [1.807, 2.05) is 12.1 Å². The van der Waals surface area contributed by atoms with Gasteiger partial charge in [0, 0.05) is 12.1 Å². The van der Waals surface area contributed by atoms with E-state index < -0.39 is 5.97 Å². The van der Waals surface area contributed by atoms with Gasteiger partial charge in [0.15, 0.2) is 0 Å². The Bertz CT molecular complexity index is 471. The highest BCUT2D eigenvalue weighted by atomic mass is 16.4. The van der Waals surface area contributed by atoms with Gasteiger partial charge in [-0.15, -0.1) is 0 Å². The van der Waals surface area contributed by atoms with Gasteiger partial charge in [-0.1, -0.05) is 50.7 Å². The number of nitrogens with one attached hydrogen (secondary N) is 1. The summed E-state index contributed by atoms with van der Waals surface area (Å²) in [5.74, 6) is -0.0208. The van der Waals surface area contributed by atoms with Crippen molar-refractivity contribution in [1.82, 2.24) is 5.32 Å². The molecule has 1 aromatic carbocycles. The third kappa shape index (κ3) is 5.45. The van der Waals surface area contributed by atoms with Crippen molar-refractivity contribution in [2.24, 2.45) is 5.92 Å². The van der Waals surface area contributed by atoms with Gasteiger partial charge in [0.25, 0.3) is 0 Å². The Hall–Kier alpha value is -1.35. The second kappa shape index (κ2) is 7.77. The molecule has 0 heterocycles. The van der Waals surface area contributed by atoms with Gasteiger partial charge in [0.05, 0.1) is 5.56 Å². The minimum Gasteiger partial charge on any atom is -0.478 e. The molecule has 0 aliphatic heterocycles. The van der Waals surface area contributed by atoms with Crippen molar-refractivity contribution in [1.29, 1.82) is 0 Å². The fourth-order valence-electron chi connectivity index (χ4n) is 3.47. The van der Waals surface area contributed by atoms with Crippen molar-refractivity contribution >= 4 is 5.97 Å². The van der Waals surface area contributed by atoms with Crippen LogP contribution in [0.15, 0.2) is 24.3 Å². The molecule has 3 nitrogen and oxygen atoms in total. The highest BCUT2D eigenvalue weighted by Gasteiger charge is 2.23.